The van der Waals surface area contributed by atoms with Gasteiger partial charge >= 0.3 is 0 Å². The number of carbonyl (C=O) groups is 2. The molecule has 29 heavy (non-hydrogen) atoms. The van der Waals surface area contributed by atoms with Crippen molar-refractivity contribution < 1.29 is 14.3 Å². The summed E-state index contributed by atoms with van der Waals surface area (Å²) in [4.78, 5) is 37.1. The predicted octanol–water partition coefficient (Wildman–Crippen LogP) is 1.35. The first-order valence-electron chi connectivity index (χ1n) is 9.50. The molecule has 152 valence electrons. The largest absolute Gasteiger partial charge is 0.497 e. The zero-order chi connectivity index (χ0) is 20.6. The van der Waals surface area contributed by atoms with Crippen molar-refractivity contribution in [2.45, 2.75) is 13.0 Å². The number of ether oxygens (including phenoxy) is 1. The molecular formula is C21H25N5O3. The van der Waals surface area contributed by atoms with Crippen LogP contribution in [0.5, 0.6) is 5.75 Å². The van der Waals surface area contributed by atoms with E-state index in [0.29, 0.717) is 32.1 Å². The van der Waals surface area contributed by atoms with E-state index >= 15 is 0 Å². The summed E-state index contributed by atoms with van der Waals surface area (Å²) in [5.74, 6) is 1.03. The average molecular weight is 395 g/mol. The molecule has 2 heterocycles. The van der Waals surface area contributed by atoms with Crippen LogP contribution in [0.25, 0.3) is 6.08 Å². The maximum absolute atomic E-state index is 12.6. The summed E-state index contributed by atoms with van der Waals surface area (Å²) in [6, 6.07) is 8.53. The molecule has 1 aromatic carbocycles. The first-order chi connectivity index (χ1) is 14.1. The Hall–Kier alpha value is -3.42. The van der Waals surface area contributed by atoms with E-state index in [1.165, 1.54) is 6.08 Å². The van der Waals surface area contributed by atoms with Crippen molar-refractivity contribution in [1.29, 1.82) is 0 Å². The lowest BCUT2D eigenvalue weighted by Crippen LogP contribution is -2.54. The van der Waals surface area contributed by atoms with E-state index < -0.39 is 6.04 Å². The molecular weight excluding hydrogens is 370 g/mol. The number of benzene rings is 1. The molecule has 2 amide bonds. The third-order valence-electron chi connectivity index (χ3n) is 4.70. The maximum atomic E-state index is 12.6. The Morgan fingerprint density at radius 1 is 1.10 bits per heavy atom. The lowest BCUT2D eigenvalue weighted by atomic mass is 10.2. The van der Waals surface area contributed by atoms with Gasteiger partial charge in [-0.3, -0.25) is 9.59 Å². The van der Waals surface area contributed by atoms with Crippen LogP contribution in [0.15, 0.2) is 48.8 Å². The minimum absolute atomic E-state index is 0.0928. The van der Waals surface area contributed by atoms with Crippen molar-refractivity contribution in [2.75, 3.05) is 38.2 Å². The van der Waals surface area contributed by atoms with Crippen LogP contribution in [0.2, 0.25) is 0 Å². The second kappa shape index (κ2) is 9.68. The molecule has 3 rings (SSSR count). The second-order valence-electron chi connectivity index (χ2n) is 6.70. The van der Waals surface area contributed by atoms with Crippen molar-refractivity contribution >= 4 is 23.8 Å². The van der Waals surface area contributed by atoms with Crippen molar-refractivity contribution in [3.05, 3.63) is 54.4 Å². The monoisotopic (exact) mass is 395 g/mol. The molecule has 2 aromatic rings. The molecule has 1 aliphatic rings. The number of nitrogens with one attached hydrogen (secondary N) is 1. The van der Waals surface area contributed by atoms with Crippen LogP contribution in [0.4, 0.5) is 5.95 Å². The van der Waals surface area contributed by atoms with Crippen LogP contribution in [-0.4, -0.2) is 66.0 Å². The Labute approximate surface area is 170 Å². The normalized spacial score (nSPS) is 15.2. The molecule has 0 saturated carbocycles. The number of carbonyl (C=O) groups excluding carboxylic acids is 2. The molecule has 1 N–H and O–H groups in total. The number of hydrogen-bond donors (Lipinski definition) is 1. The Morgan fingerprint density at radius 3 is 2.38 bits per heavy atom. The van der Waals surface area contributed by atoms with Gasteiger partial charge < -0.3 is 19.9 Å². The van der Waals surface area contributed by atoms with Crippen molar-refractivity contribution in [1.82, 2.24) is 20.2 Å². The third-order valence-corrected chi connectivity index (χ3v) is 4.70. The van der Waals surface area contributed by atoms with E-state index in [1.807, 2.05) is 29.2 Å². The van der Waals surface area contributed by atoms with Crippen LogP contribution in [0.3, 0.4) is 0 Å². The van der Waals surface area contributed by atoms with Gasteiger partial charge in [0.25, 0.3) is 0 Å². The molecule has 0 aliphatic carbocycles. The zero-order valence-electron chi connectivity index (χ0n) is 16.6. The molecule has 8 nitrogen and oxygen atoms in total. The van der Waals surface area contributed by atoms with Gasteiger partial charge in [-0.15, -0.1) is 0 Å². The van der Waals surface area contributed by atoms with E-state index in [0.717, 1.165) is 11.3 Å². The molecule has 1 saturated heterocycles. The van der Waals surface area contributed by atoms with Gasteiger partial charge in [-0.05, 0) is 36.8 Å². The van der Waals surface area contributed by atoms with Crippen molar-refractivity contribution in [3.63, 3.8) is 0 Å². The fourth-order valence-corrected chi connectivity index (χ4v) is 3.07. The van der Waals surface area contributed by atoms with E-state index in [-0.39, 0.29) is 11.8 Å². The fraction of sp³-hybridized carbons (Fsp3) is 0.333. The topological polar surface area (TPSA) is 87.7 Å². The number of amides is 2. The number of methoxy groups -OCH3 is 1. The van der Waals surface area contributed by atoms with E-state index in [2.05, 4.69) is 15.3 Å². The molecule has 1 unspecified atom stereocenters. The molecule has 8 heteroatoms. The summed E-state index contributed by atoms with van der Waals surface area (Å²) in [7, 11) is 1.60. The van der Waals surface area contributed by atoms with Crippen LogP contribution in [-0.2, 0) is 9.59 Å². The molecule has 0 bridgehead atoms. The minimum Gasteiger partial charge on any atom is -0.497 e. The number of piperazine rings is 1. The van der Waals surface area contributed by atoms with Gasteiger partial charge in [-0.2, -0.15) is 0 Å². The predicted molar refractivity (Wildman–Crippen MR) is 110 cm³/mol. The van der Waals surface area contributed by atoms with Crippen molar-refractivity contribution in [3.8, 4) is 5.75 Å². The van der Waals surface area contributed by atoms with E-state index in [9.17, 15) is 9.59 Å². The highest BCUT2D eigenvalue weighted by Crippen LogP contribution is 2.13. The van der Waals surface area contributed by atoms with Gasteiger partial charge in [0.05, 0.1) is 7.11 Å². The summed E-state index contributed by atoms with van der Waals surface area (Å²) >= 11 is 0. The number of rotatable bonds is 6. The number of hydrogen-bond acceptors (Lipinski definition) is 6. The maximum Gasteiger partial charge on any atom is 0.244 e. The summed E-state index contributed by atoms with van der Waals surface area (Å²) in [5.41, 5.74) is 0.874. The number of aromatic nitrogens is 2. The van der Waals surface area contributed by atoms with Crippen LogP contribution in [0, 0.1) is 0 Å². The van der Waals surface area contributed by atoms with Crippen LogP contribution in [0.1, 0.15) is 12.5 Å². The molecule has 1 aliphatic heterocycles. The lowest BCUT2D eigenvalue weighted by Gasteiger charge is -2.35. The zero-order valence-corrected chi connectivity index (χ0v) is 16.6. The van der Waals surface area contributed by atoms with Crippen molar-refractivity contribution in [2.24, 2.45) is 0 Å². The van der Waals surface area contributed by atoms with E-state index in [1.54, 1.807) is 43.5 Å². The Kier molecular flexibility index (Phi) is 6.78. The van der Waals surface area contributed by atoms with Crippen LogP contribution < -0.4 is 15.0 Å². The Morgan fingerprint density at radius 2 is 1.76 bits per heavy atom. The summed E-state index contributed by atoms with van der Waals surface area (Å²) in [6.07, 6.45) is 6.54. The van der Waals surface area contributed by atoms with Gasteiger partial charge in [0, 0.05) is 44.6 Å². The van der Waals surface area contributed by atoms with Gasteiger partial charge in [-0.1, -0.05) is 12.1 Å². The molecule has 1 aromatic heterocycles. The van der Waals surface area contributed by atoms with Gasteiger partial charge in [-0.25, -0.2) is 9.97 Å². The quantitative estimate of drug-likeness (QED) is 0.743. The minimum atomic E-state index is -0.595. The summed E-state index contributed by atoms with van der Waals surface area (Å²) < 4.78 is 5.11. The number of anilines is 1. The second-order valence-corrected chi connectivity index (χ2v) is 6.70. The molecule has 1 fully saturated rings. The smallest absolute Gasteiger partial charge is 0.244 e. The SMILES string of the molecule is COc1ccc(/C=C/C(=O)NC(C)C(=O)N2CCN(c3ncccn3)CC2)cc1. The third kappa shape index (κ3) is 5.54. The van der Waals surface area contributed by atoms with E-state index in [4.69, 9.17) is 4.74 Å². The number of nitrogens with zero attached hydrogens (tertiary/aromatic N) is 4. The summed E-state index contributed by atoms with van der Waals surface area (Å²) in [6.45, 7) is 4.16. The lowest BCUT2D eigenvalue weighted by molar-refractivity contribution is -0.135. The first-order valence-corrected chi connectivity index (χ1v) is 9.50. The standard InChI is InChI=1S/C21H25N5O3/c1-16(24-19(27)9-6-17-4-7-18(29-2)8-5-17)20(28)25-12-14-26(15-13-25)21-22-10-3-11-23-21/h3-11,16H,12-15H2,1-2H3,(H,24,27)/b9-6+. The van der Waals surface area contributed by atoms with Crippen LogP contribution >= 0.6 is 0 Å². The molecule has 0 radical (unpaired) electrons. The Balaban J connectivity index is 1.47. The average Bonchev–Trinajstić information content (AvgIpc) is 2.78. The van der Waals surface area contributed by atoms with Gasteiger partial charge in [0.1, 0.15) is 11.8 Å². The highest BCUT2D eigenvalue weighted by molar-refractivity contribution is 5.95. The summed E-state index contributed by atoms with van der Waals surface area (Å²) in [5, 5.41) is 2.73. The molecule has 0 spiro atoms. The van der Waals surface area contributed by atoms with Gasteiger partial charge in [0.2, 0.25) is 17.8 Å². The molecule has 1 atom stereocenters. The Bertz CT molecular complexity index is 846. The van der Waals surface area contributed by atoms with Gasteiger partial charge in [0.15, 0.2) is 0 Å². The fourth-order valence-electron chi connectivity index (χ4n) is 3.07. The highest BCUT2D eigenvalue weighted by Gasteiger charge is 2.26. The highest BCUT2D eigenvalue weighted by atomic mass is 16.5. The first kappa shape index (κ1) is 20.3.